The highest BCUT2D eigenvalue weighted by Gasteiger charge is 2.40. The van der Waals surface area contributed by atoms with Gasteiger partial charge in [0.1, 0.15) is 0 Å². The molecular weight excluding hydrogens is 244 g/mol. The van der Waals surface area contributed by atoms with Crippen molar-refractivity contribution >= 4 is 0 Å². The van der Waals surface area contributed by atoms with Crippen LogP contribution < -0.4 is 5.32 Å². The monoisotopic (exact) mass is 272 g/mol. The van der Waals surface area contributed by atoms with E-state index in [1.165, 1.54) is 6.42 Å². The second-order valence-electron chi connectivity index (χ2n) is 5.49. The highest BCUT2D eigenvalue weighted by atomic mass is 16.5. The van der Waals surface area contributed by atoms with Gasteiger partial charge in [0.2, 0.25) is 0 Å². The van der Waals surface area contributed by atoms with Gasteiger partial charge >= 0.3 is 0 Å². The molecule has 0 aromatic heterocycles. The summed E-state index contributed by atoms with van der Waals surface area (Å²) in [5, 5.41) is 3.66. The maximum Gasteiger partial charge on any atom is 0.0971 e. The third kappa shape index (κ3) is 3.67. The Labute approximate surface area is 116 Å². The fourth-order valence-corrected chi connectivity index (χ4v) is 3.15. The van der Waals surface area contributed by atoms with Crippen molar-refractivity contribution in [2.75, 3.05) is 47.1 Å². The molecule has 0 aliphatic carbocycles. The summed E-state index contributed by atoms with van der Waals surface area (Å²) in [5.41, 5.74) is 0. The van der Waals surface area contributed by atoms with Gasteiger partial charge in [0.15, 0.2) is 0 Å². The van der Waals surface area contributed by atoms with E-state index in [0.29, 0.717) is 12.1 Å². The fourth-order valence-electron chi connectivity index (χ4n) is 3.15. The van der Waals surface area contributed by atoms with E-state index in [4.69, 9.17) is 14.2 Å². The van der Waals surface area contributed by atoms with Crippen molar-refractivity contribution in [3.05, 3.63) is 0 Å². The summed E-state index contributed by atoms with van der Waals surface area (Å²) in [6.45, 7) is 6.84. The number of nitrogens with one attached hydrogen (secondary N) is 1. The summed E-state index contributed by atoms with van der Waals surface area (Å²) in [7, 11) is 3.54. The number of rotatable bonds is 6. The highest BCUT2D eigenvalue weighted by molar-refractivity contribution is 4.95. The standard InChI is InChI=1S/C14H28N2O3/c1-4-6-15-11-5-7-19-10-12(11)16-8-13(17-2)14(9-16)18-3/h11-15H,4-10H2,1-3H3. The first-order chi connectivity index (χ1) is 9.30. The number of hydrogen-bond acceptors (Lipinski definition) is 5. The molecule has 4 unspecified atom stereocenters. The quantitative estimate of drug-likeness (QED) is 0.762. The summed E-state index contributed by atoms with van der Waals surface area (Å²) in [6.07, 6.45) is 2.62. The molecule has 0 spiro atoms. The zero-order chi connectivity index (χ0) is 13.7. The minimum atomic E-state index is 0.179. The smallest absolute Gasteiger partial charge is 0.0971 e. The van der Waals surface area contributed by atoms with Gasteiger partial charge in [-0.15, -0.1) is 0 Å². The Hall–Kier alpha value is -0.200. The van der Waals surface area contributed by atoms with Crippen LogP contribution in [0.15, 0.2) is 0 Å². The first kappa shape index (κ1) is 15.2. The van der Waals surface area contributed by atoms with Crippen LogP contribution in [0.2, 0.25) is 0 Å². The second-order valence-corrected chi connectivity index (χ2v) is 5.49. The van der Waals surface area contributed by atoms with Gasteiger partial charge in [-0.2, -0.15) is 0 Å². The van der Waals surface area contributed by atoms with Gasteiger partial charge < -0.3 is 19.5 Å². The number of methoxy groups -OCH3 is 2. The molecule has 0 radical (unpaired) electrons. The molecule has 5 nitrogen and oxygen atoms in total. The van der Waals surface area contributed by atoms with Crippen molar-refractivity contribution in [1.29, 1.82) is 0 Å². The molecule has 2 heterocycles. The van der Waals surface area contributed by atoms with E-state index in [9.17, 15) is 0 Å². The van der Waals surface area contributed by atoms with Crippen LogP contribution in [-0.4, -0.2) is 76.3 Å². The molecule has 2 aliphatic heterocycles. The summed E-state index contributed by atoms with van der Waals surface area (Å²) in [5.74, 6) is 0. The minimum absolute atomic E-state index is 0.179. The van der Waals surface area contributed by atoms with E-state index in [0.717, 1.165) is 39.3 Å². The third-order valence-corrected chi connectivity index (χ3v) is 4.30. The van der Waals surface area contributed by atoms with E-state index < -0.39 is 0 Å². The normalized spacial score (nSPS) is 36.8. The van der Waals surface area contributed by atoms with Gasteiger partial charge in [-0.1, -0.05) is 6.92 Å². The molecule has 0 bridgehead atoms. The first-order valence-electron chi connectivity index (χ1n) is 7.40. The van der Waals surface area contributed by atoms with E-state index in [2.05, 4.69) is 17.1 Å². The second kappa shape index (κ2) is 7.55. The molecule has 2 rings (SSSR count). The molecular formula is C14H28N2O3. The molecule has 2 aliphatic rings. The lowest BCUT2D eigenvalue weighted by atomic mass is 10.0. The van der Waals surface area contributed by atoms with Gasteiger partial charge in [-0.05, 0) is 19.4 Å². The van der Waals surface area contributed by atoms with Gasteiger partial charge in [0, 0.05) is 46.0 Å². The van der Waals surface area contributed by atoms with Gasteiger partial charge in [-0.25, -0.2) is 0 Å². The molecule has 4 atom stereocenters. The number of nitrogens with zero attached hydrogens (tertiary/aromatic N) is 1. The van der Waals surface area contributed by atoms with Crippen molar-refractivity contribution in [2.45, 2.75) is 44.1 Å². The van der Waals surface area contributed by atoms with E-state index in [1.54, 1.807) is 14.2 Å². The lowest BCUT2D eigenvalue weighted by Gasteiger charge is -2.38. The molecule has 0 aromatic rings. The Kier molecular flexibility index (Phi) is 6.04. The van der Waals surface area contributed by atoms with Crippen LogP contribution >= 0.6 is 0 Å². The Bertz CT molecular complexity index is 253. The van der Waals surface area contributed by atoms with Gasteiger partial charge in [0.25, 0.3) is 0 Å². The Morgan fingerprint density at radius 2 is 1.89 bits per heavy atom. The summed E-state index contributed by atoms with van der Waals surface area (Å²) in [4.78, 5) is 2.47. The van der Waals surface area contributed by atoms with Crippen LogP contribution in [0.4, 0.5) is 0 Å². The zero-order valence-corrected chi connectivity index (χ0v) is 12.4. The Morgan fingerprint density at radius 3 is 2.47 bits per heavy atom. The van der Waals surface area contributed by atoms with Crippen molar-refractivity contribution < 1.29 is 14.2 Å². The van der Waals surface area contributed by atoms with E-state index in [1.807, 2.05) is 0 Å². The Balaban J connectivity index is 1.94. The van der Waals surface area contributed by atoms with Crippen LogP contribution in [0.25, 0.3) is 0 Å². The summed E-state index contributed by atoms with van der Waals surface area (Å²) in [6, 6.07) is 0.972. The maximum atomic E-state index is 5.68. The molecule has 2 fully saturated rings. The van der Waals surface area contributed by atoms with Crippen molar-refractivity contribution in [2.24, 2.45) is 0 Å². The van der Waals surface area contributed by atoms with E-state index in [-0.39, 0.29) is 12.2 Å². The molecule has 0 aromatic carbocycles. The topological polar surface area (TPSA) is 43.0 Å². The zero-order valence-electron chi connectivity index (χ0n) is 12.4. The molecule has 5 heteroatoms. The summed E-state index contributed by atoms with van der Waals surface area (Å²) >= 11 is 0. The minimum Gasteiger partial charge on any atom is -0.380 e. The van der Waals surface area contributed by atoms with Crippen molar-refractivity contribution in [3.63, 3.8) is 0 Å². The molecule has 19 heavy (non-hydrogen) atoms. The third-order valence-electron chi connectivity index (χ3n) is 4.30. The average Bonchev–Trinajstić information content (AvgIpc) is 2.88. The van der Waals surface area contributed by atoms with Crippen LogP contribution in [0.1, 0.15) is 19.8 Å². The lowest BCUT2D eigenvalue weighted by Crippen LogP contribution is -2.55. The number of ether oxygens (including phenoxy) is 3. The fraction of sp³-hybridized carbons (Fsp3) is 1.00. The molecule has 0 amide bonds. The Morgan fingerprint density at radius 1 is 1.21 bits per heavy atom. The van der Waals surface area contributed by atoms with Gasteiger partial charge in [0.05, 0.1) is 18.8 Å². The van der Waals surface area contributed by atoms with Crippen LogP contribution in [0.3, 0.4) is 0 Å². The average molecular weight is 272 g/mol. The van der Waals surface area contributed by atoms with Crippen LogP contribution in [0, 0.1) is 0 Å². The largest absolute Gasteiger partial charge is 0.380 e. The SMILES string of the molecule is CCCNC1CCOCC1N1CC(OC)C(OC)C1. The molecule has 2 saturated heterocycles. The predicted octanol–water partition coefficient (Wildman–Crippen LogP) is 0.489. The predicted molar refractivity (Wildman–Crippen MR) is 74.5 cm³/mol. The first-order valence-corrected chi connectivity index (χ1v) is 7.40. The van der Waals surface area contributed by atoms with Crippen molar-refractivity contribution in [1.82, 2.24) is 10.2 Å². The number of hydrogen-bond donors (Lipinski definition) is 1. The number of likely N-dealkylation sites (tertiary alicyclic amines) is 1. The lowest BCUT2D eigenvalue weighted by molar-refractivity contribution is -0.00461. The van der Waals surface area contributed by atoms with Gasteiger partial charge in [-0.3, -0.25) is 4.90 Å². The highest BCUT2D eigenvalue weighted by Crippen LogP contribution is 2.23. The molecule has 0 saturated carbocycles. The van der Waals surface area contributed by atoms with Crippen LogP contribution in [-0.2, 0) is 14.2 Å². The molecule has 1 N–H and O–H groups in total. The molecule has 112 valence electrons. The van der Waals surface area contributed by atoms with E-state index >= 15 is 0 Å². The maximum absolute atomic E-state index is 5.68. The van der Waals surface area contributed by atoms with Crippen molar-refractivity contribution in [3.8, 4) is 0 Å². The van der Waals surface area contributed by atoms with Crippen LogP contribution in [0.5, 0.6) is 0 Å². The summed E-state index contributed by atoms with van der Waals surface area (Å²) < 4.78 is 16.7.